The molecular formula is C19H29N5O3S. The molecule has 1 amide bonds. The Morgan fingerprint density at radius 3 is 2.82 bits per heavy atom. The van der Waals surface area contributed by atoms with Gasteiger partial charge in [-0.2, -0.15) is 0 Å². The first-order chi connectivity index (χ1) is 13.4. The van der Waals surface area contributed by atoms with E-state index in [-0.39, 0.29) is 11.3 Å². The summed E-state index contributed by atoms with van der Waals surface area (Å²) in [5.74, 6) is 0.787. The van der Waals surface area contributed by atoms with Gasteiger partial charge in [0.15, 0.2) is 6.04 Å². The van der Waals surface area contributed by atoms with Crippen molar-refractivity contribution in [3.8, 4) is 0 Å². The molecule has 0 saturated carbocycles. The summed E-state index contributed by atoms with van der Waals surface area (Å²) < 4.78 is -0.493. The second kappa shape index (κ2) is 7.57. The van der Waals surface area contributed by atoms with Gasteiger partial charge < -0.3 is 20.2 Å². The molecule has 0 aliphatic carbocycles. The van der Waals surface area contributed by atoms with Crippen LogP contribution in [0.25, 0.3) is 0 Å². The van der Waals surface area contributed by atoms with Crippen LogP contribution < -0.4 is 5.32 Å². The highest BCUT2D eigenvalue weighted by atomic mass is 32.2. The Hall–Kier alpha value is -1.77. The number of nitrogens with zero attached hydrogens (tertiary/aromatic N) is 4. The highest BCUT2D eigenvalue weighted by molar-refractivity contribution is 8.01. The fourth-order valence-electron chi connectivity index (χ4n) is 4.61. The van der Waals surface area contributed by atoms with Crippen molar-refractivity contribution in [2.24, 2.45) is 15.9 Å². The number of likely N-dealkylation sites (tertiary alicyclic amines) is 1. The maximum absolute atomic E-state index is 12.5. The van der Waals surface area contributed by atoms with Crippen LogP contribution in [0.1, 0.15) is 39.5 Å². The van der Waals surface area contributed by atoms with Gasteiger partial charge in [0, 0.05) is 30.8 Å². The van der Waals surface area contributed by atoms with Crippen molar-refractivity contribution in [3.63, 3.8) is 0 Å². The summed E-state index contributed by atoms with van der Waals surface area (Å²) in [6, 6.07) is -1.21. The highest BCUT2D eigenvalue weighted by Crippen LogP contribution is 2.51. The Bertz CT molecular complexity index is 702. The van der Waals surface area contributed by atoms with E-state index >= 15 is 0 Å². The van der Waals surface area contributed by atoms with Gasteiger partial charge in [0.25, 0.3) is 5.91 Å². The maximum Gasteiger partial charge on any atom is 0.327 e. The van der Waals surface area contributed by atoms with Crippen molar-refractivity contribution in [2.75, 3.05) is 26.2 Å². The van der Waals surface area contributed by atoms with Crippen molar-refractivity contribution in [3.05, 3.63) is 0 Å². The van der Waals surface area contributed by atoms with E-state index < -0.39 is 22.8 Å². The van der Waals surface area contributed by atoms with Crippen LogP contribution in [0.4, 0.5) is 0 Å². The van der Waals surface area contributed by atoms with Gasteiger partial charge in [-0.25, -0.2) is 4.79 Å². The average molecular weight is 408 g/mol. The fourth-order valence-corrected chi connectivity index (χ4v) is 6.23. The highest BCUT2D eigenvalue weighted by Gasteiger charge is 2.63. The lowest BCUT2D eigenvalue weighted by Gasteiger charge is -2.41. The first-order valence-corrected chi connectivity index (χ1v) is 11.0. The maximum atomic E-state index is 12.5. The molecule has 0 aromatic rings. The minimum atomic E-state index is -0.934. The van der Waals surface area contributed by atoms with Crippen LogP contribution in [0.3, 0.4) is 0 Å². The monoisotopic (exact) mass is 407 g/mol. The van der Waals surface area contributed by atoms with Crippen molar-refractivity contribution in [2.45, 2.75) is 61.7 Å². The van der Waals surface area contributed by atoms with Crippen LogP contribution in [-0.4, -0.2) is 87.3 Å². The van der Waals surface area contributed by atoms with Crippen LogP contribution in [0, 0.1) is 5.92 Å². The van der Waals surface area contributed by atoms with Gasteiger partial charge in [-0.3, -0.25) is 14.8 Å². The van der Waals surface area contributed by atoms with E-state index in [1.807, 2.05) is 20.2 Å². The van der Waals surface area contributed by atoms with Crippen molar-refractivity contribution < 1.29 is 14.7 Å². The van der Waals surface area contributed by atoms with E-state index in [4.69, 9.17) is 0 Å². The minimum Gasteiger partial charge on any atom is -0.480 e. The number of carbonyl (C=O) groups is 2. The molecule has 0 aromatic heterocycles. The first kappa shape index (κ1) is 19.5. The smallest absolute Gasteiger partial charge is 0.327 e. The van der Waals surface area contributed by atoms with E-state index in [9.17, 15) is 14.7 Å². The molecule has 4 aliphatic rings. The zero-order valence-electron chi connectivity index (χ0n) is 16.5. The van der Waals surface area contributed by atoms with E-state index in [0.717, 1.165) is 57.2 Å². The van der Waals surface area contributed by atoms with Gasteiger partial charge in [-0.05, 0) is 39.0 Å². The van der Waals surface area contributed by atoms with Crippen LogP contribution in [0.15, 0.2) is 9.98 Å². The Morgan fingerprint density at radius 2 is 2.18 bits per heavy atom. The van der Waals surface area contributed by atoms with Crippen molar-refractivity contribution in [1.29, 1.82) is 0 Å². The van der Waals surface area contributed by atoms with Crippen LogP contribution in [0.5, 0.6) is 0 Å². The second-order valence-corrected chi connectivity index (χ2v) is 10.4. The van der Waals surface area contributed by atoms with Crippen LogP contribution >= 0.6 is 11.8 Å². The molecule has 2 N–H and O–H groups in total. The fraction of sp³-hybridized carbons (Fsp3) is 0.789. The Balaban J connectivity index is 1.26. The number of amidine groups is 1. The molecule has 9 heteroatoms. The molecule has 4 heterocycles. The third-order valence-corrected chi connectivity index (χ3v) is 7.78. The Labute approximate surface area is 169 Å². The summed E-state index contributed by atoms with van der Waals surface area (Å²) >= 11 is 1.55. The molecule has 0 bridgehead atoms. The van der Waals surface area contributed by atoms with Crippen LogP contribution in [-0.2, 0) is 9.59 Å². The molecule has 2 unspecified atom stereocenters. The molecule has 0 spiro atoms. The molecule has 28 heavy (non-hydrogen) atoms. The summed E-state index contributed by atoms with van der Waals surface area (Å²) in [5.41, 5.74) is 0. The second-order valence-electron chi connectivity index (χ2n) is 8.58. The SMILES string of the molecule is CC1(C)SC2C(N=CN3CCC(CCC4=NCCN4)CC3)C(=O)N2[C@H]1C(=O)O. The number of piperidine rings is 1. The molecular weight excluding hydrogens is 378 g/mol. The zero-order chi connectivity index (χ0) is 19.9. The number of rotatable bonds is 6. The van der Waals surface area contributed by atoms with Crippen molar-refractivity contribution in [1.82, 2.24) is 15.1 Å². The van der Waals surface area contributed by atoms with Gasteiger partial charge in [0.2, 0.25) is 0 Å². The van der Waals surface area contributed by atoms with Crippen LogP contribution in [0.2, 0.25) is 0 Å². The van der Waals surface area contributed by atoms with Gasteiger partial charge in [0.05, 0.1) is 18.7 Å². The third kappa shape index (κ3) is 3.60. The van der Waals surface area contributed by atoms with E-state index in [2.05, 4.69) is 20.2 Å². The standard InChI is InChI=1S/C19H29N5O3S/c1-19(2)15(18(26)27)24-16(25)14(17(24)28-19)22-11-23-9-5-12(6-10-23)3-4-13-20-7-8-21-13/h11-12,14-15,17H,3-10H2,1-2H3,(H,20,21)(H,26,27)/t14?,15-,17?/m0/s1. The topological polar surface area (TPSA) is 97.6 Å². The molecule has 3 atom stereocenters. The molecule has 4 rings (SSSR count). The lowest BCUT2D eigenvalue weighted by molar-refractivity contribution is -0.158. The number of hydrogen-bond donors (Lipinski definition) is 2. The number of carboxylic acid groups (broad SMARTS) is 1. The number of hydrogen-bond acceptors (Lipinski definition) is 6. The summed E-state index contributed by atoms with van der Waals surface area (Å²) in [7, 11) is 0. The number of aliphatic imine (C=N–C) groups is 2. The third-order valence-electron chi connectivity index (χ3n) is 6.22. The lowest BCUT2D eigenvalue weighted by atomic mass is 9.92. The zero-order valence-corrected chi connectivity index (χ0v) is 17.3. The first-order valence-electron chi connectivity index (χ1n) is 10.1. The molecule has 0 aromatic carbocycles. The number of aliphatic carboxylic acids is 1. The van der Waals surface area contributed by atoms with Gasteiger partial charge >= 0.3 is 5.97 Å². The molecule has 8 nitrogen and oxygen atoms in total. The van der Waals surface area contributed by atoms with E-state index in [1.54, 1.807) is 11.8 Å². The number of nitrogens with one attached hydrogen (secondary N) is 1. The summed E-state index contributed by atoms with van der Waals surface area (Å²) in [4.78, 5) is 36.7. The Kier molecular flexibility index (Phi) is 5.28. The molecule has 0 radical (unpaired) electrons. The van der Waals surface area contributed by atoms with Gasteiger partial charge in [-0.15, -0.1) is 11.8 Å². The number of β-lactam (4-membered cyclic amide) rings is 1. The molecule has 3 saturated heterocycles. The predicted octanol–water partition coefficient (Wildman–Crippen LogP) is 1.02. The quantitative estimate of drug-likeness (QED) is 0.388. The summed E-state index contributed by atoms with van der Waals surface area (Å²) in [6.07, 6.45) is 6.31. The number of fused-ring (bicyclic) bond motifs is 1. The number of carboxylic acids is 1. The largest absolute Gasteiger partial charge is 0.480 e. The van der Waals surface area contributed by atoms with Gasteiger partial charge in [0.1, 0.15) is 11.4 Å². The van der Waals surface area contributed by atoms with E-state index in [0.29, 0.717) is 0 Å². The minimum absolute atomic E-state index is 0.155. The van der Waals surface area contributed by atoms with E-state index in [1.165, 1.54) is 11.3 Å². The van der Waals surface area contributed by atoms with Crippen molar-refractivity contribution >= 4 is 35.8 Å². The van der Waals surface area contributed by atoms with Gasteiger partial charge in [-0.1, -0.05) is 0 Å². The molecule has 4 aliphatic heterocycles. The predicted molar refractivity (Wildman–Crippen MR) is 110 cm³/mol. The number of carbonyl (C=O) groups excluding carboxylic acids is 1. The lowest BCUT2D eigenvalue weighted by Crippen LogP contribution is -2.65. The summed E-state index contributed by atoms with van der Waals surface area (Å²) in [6.45, 7) is 7.58. The molecule has 3 fully saturated rings. The average Bonchev–Trinajstić information content (AvgIpc) is 3.25. The Morgan fingerprint density at radius 1 is 1.43 bits per heavy atom. The number of thioether (sulfide) groups is 1. The molecule has 154 valence electrons. The number of amides is 1. The summed E-state index contributed by atoms with van der Waals surface area (Å²) in [5, 5.41) is 12.7. The normalized spacial score (nSPS) is 32.3.